The number of nitrogens with zero attached hydrogens (tertiary/aromatic N) is 2. The molecular formula is C20H28N4O3. The molecule has 0 aliphatic heterocycles. The van der Waals surface area contributed by atoms with Gasteiger partial charge in [-0.1, -0.05) is 13.8 Å². The molecule has 2 atom stereocenters. The Labute approximate surface area is 159 Å². The van der Waals surface area contributed by atoms with Crippen molar-refractivity contribution in [1.29, 1.82) is 0 Å². The van der Waals surface area contributed by atoms with Gasteiger partial charge in [-0.25, -0.2) is 10.9 Å². The standard InChI is InChI=1S/C20H28N4O3/c1-13-5-3-7-15(11-13)21-23-19(25)17-9-10-18(27-17)20(26)24-22-16-8-4-6-14(2)12-16/h9-10,13-14H,3-8,11-12H2,1-2H3,(H,23,25)(H,24,26)/b21-15-,22-16-/t13-,14-/m0/s1. The summed E-state index contributed by atoms with van der Waals surface area (Å²) in [7, 11) is 0. The number of amides is 2. The van der Waals surface area contributed by atoms with Gasteiger partial charge in [0.1, 0.15) is 0 Å². The van der Waals surface area contributed by atoms with Gasteiger partial charge < -0.3 is 4.42 Å². The van der Waals surface area contributed by atoms with E-state index in [-0.39, 0.29) is 11.5 Å². The Kier molecular flexibility index (Phi) is 6.42. The molecule has 1 aromatic rings. The van der Waals surface area contributed by atoms with Crippen molar-refractivity contribution in [3.05, 3.63) is 23.7 Å². The summed E-state index contributed by atoms with van der Waals surface area (Å²) in [6.45, 7) is 4.37. The first-order valence-electron chi connectivity index (χ1n) is 9.82. The van der Waals surface area contributed by atoms with Crippen molar-refractivity contribution in [3.63, 3.8) is 0 Å². The lowest BCUT2D eigenvalue weighted by Crippen LogP contribution is -2.22. The molecule has 146 valence electrons. The molecule has 2 N–H and O–H groups in total. The maximum atomic E-state index is 12.2. The molecule has 0 spiro atoms. The van der Waals surface area contributed by atoms with Gasteiger partial charge in [0.15, 0.2) is 11.5 Å². The van der Waals surface area contributed by atoms with Crippen molar-refractivity contribution in [1.82, 2.24) is 10.9 Å². The molecule has 2 saturated carbocycles. The van der Waals surface area contributed by atoms with Crippen molar-refractivity contribution >= 4 is 23.2 Å². The second kappa shape index (κ2) is 8.97. The van der Waals surface area contributed by atoms with E-state index < -0.39 is 11.8 Å². The van der Waals surface area contributed by atoms with Crippen molar-refractivity contribution < 1.29 is 14.0 Å². The van der Waals surface area contributed by atoms with Crippen LogP contribution in [0.1, 0.15) is 86.3 Å². The van der Waals surface area contributed by atoms with Crippen molar-refractivity contribution in [3.8, 4) is 0 Å². The fraction of sp³-hybridized carbons (Fsp3) is 0.600. The van der Waals surface area contributed by atoms with Crippen molar-refractivity contribution in [2.45, 2.75) is 65.2 Å². The van der Waals surface area contributed by atoms with Gasteiger partial charge in [0.25, 0.3) is 0 Å². The van der Waals surface area contributed by atoms with E-state index in [1.807, 2.05) is 0 Å². The maximum absolute atomic E-state index is 12.2. The highest BCUT2D eigenvalue weighted by molar-refractivity contribution is 5.97. The van der Waals surface area contributed by atoms with Crippen LogP contribution in [0.5, 0.6) is 0 Å². The monoisotopic (exact) mass is 372 g/mol. The number of furan rings is 1. The number of nitrogens with one attached hydrogen (secondary N) is 2. The number of rotatable bonds is 4. The van der Waals surface area contributed by atoms with Crippen LogP contribution in [0.3, 0.4) is 0 Å². The Hall–Kier alpha value is -2.44. The van der Waals surface area contributed by atoms with E-state index in [0.717, 1.165) is 49.9 Å². The molecule has 0 radical (unpaired) electrons. The van der Waals surface area contributed by atoms with E-state index in [4.69, 9.17) is 4.42 Å². The molecule has 0 aromatic carbocycles. The van der Waals surface area contributed by atoms with Crippen LogP contribution in [0.15, 0.2) is 26.8 Å². The predicted molar refractivity (Wildman–Crippen MR) is 104 cm³/mol. The summed E-state index contributed by atoms with van der Waals surface area (Å²) in [5, 5.41) is 8.41. The minimum Gasteiger partial charge on any atom is -0.446 e. The van der Waals surface area contributed by atoms with Gasteiger partial charge in [-0.15, -0.1) is 0 Å². The van der Waals surface area contributed by atoms with E-state index in [1.54, 1.807) is 0 Å². The molecule has 27 heavy (non-hydrogen) atoms. The van der Waals surface area contributed by atoms with E-state index in [0.29, 0.717) is 11.8 Å². The topological polar surface area (TPSA) is 96.1 Å². The van der Waals surface area contributed by atoms with Gasteiger partial charge >= 0.3 is 11.8 Å². The number of hydrogen-bond donors (Lipinski definition) is 2. The lowest BCUT2D eigenvalue weighted by molar-refractivity contribution is 0.0901. The van der Waals surface area contributed by atoms with E-state index in [1.165, 1.54) is 25.0 Å². The van der Waals surface area contributed by atoms with Crippen LogP contribution in [0.25, 0.3) is 0 Å². The lowest BCUT2D eigenvalue weighted by atomic mass is 9.89. The number of carbonyl (C=O) groups is 2. The van der Waals surface area contributed by atoms with Crippen LogP contribution >= 0.6 is 0 Å². The summed E-state index contributed by atoms with van der Waals surface area (Å²) in [5.41, 5.74) is 7.06. The Morgan fingerprint density at radius 1 is 0.889 bits per heavy atom. The zero-order valence-electron chi connectivity index (χ0n) is 16.1. The van der Waals surface area contributed by atoms with Gasteiger partial charge in [0, 0.05) is 11.4 Å². The molecular weight excluding hydrogens is 344 g/mol. The lowest BCUT2D eigenvalue weighted by Gasteiger charge is -2.18. The van der Waals surface area contributed by atoms with Crippen LogP contribution in [-0.2, 0) is 0 Å². The fourth-order valence-corrected chi connectivity index (χ4v) is 3.68. The third-order valence-corrected chi connectivity index (χ3v) is 5.18. The Balaban J connectivity index is 1.54. The summed E-state index contributed by atoms with van der Waals surface area (Å²) in [6.07, 6.45) is 8.24. The fourth-order valence-electron chi connectivity index (χ4n) is 3.68. The quantitative estimate of drug-likeness (QED) is 0.785. The van der Waals surface area contributed by atoms with Gasteiger partial charge in [-0.05, 0) is 75.3 Å². The van der Waals surface area contributed by atoms with Crippen LogP contribution in [0.4, 0.5) is 0 Å². The molecule has 7 heteroatoms. The number of hydrazone groups is 2. The number of carbonyl (C=O) groups excluding carboxylic acids is 2. The normalized spacial score (nSPS) is 26.1. The van der Waals surface area contributed by atoms with Crippen LogP contribution in [0.2, 0.25) is 0 Å². The first-order valence-corrected chi connectivity index (χ1v) is 9.82. The van der Waals surface area contributed by atoms with Gasteiger partial charge in [0.05, 0.1) is 0 Å². The van der Waals surface area contributed by atoms with Gasteiger partial charge in [-0.2, -0.15) is 10.2 Å². The summed E-state index contributed by atoms with van der Waals surface area (Å²) < 4.78 is 5.37. The Morgan fingerprint density at radius 3 is 1.74 bits per heavy atom. The molecule has 7 nitrogen and oxygen atoms in total. The molecule has 0 unspecified atom stereocenters. The smallest absolute Gasteiger partial charge is 0.307 e. The molecule has 1 heterocycles. The molecule has 2 amide bonds. The van der Waals surface area contributed by atoms with Gasteiger partial charge in [-0.3, -0.25) is 9.59 Å². The zero-order valence-corrected chi connectivity index (χ0v) is 16.1. The zero-order chi connectivity index (χ0) is 19.2. The first kappa shape index (κ1) is 19.3. The SMILES string of the molecule is C[C@H]1CCC/C(=N/NC(=O)c2ccc(C(=O)N/N=C3/CCC[C@H](C)C3)o2)C1. The Morgan fingerprint density at radius 2 is 1.33 bits per heavy atom. The van der Waals surface area contributed by atoms with E-state index in [9.17, 15) is 9.59 Å². The number of hydrogen-bond acceptors (Lipinski definition) is 5. The van der Waals surface area contributed by atoms with Crippen LogP contribution in [0, 0.1) is 11.8 Å². The van der Waals surface area contributed by atoms with Crippen molar-refractivity contribution in [2.75, 3.05) is 0 Å². The van der Waals surface area contributed by atoms with E-state index >= 15 is 0 Å². The second-order valence-corrected chi connectivity index (χ2v) is 7.80. The largest absolute Gasteiger partial charge is 0.446 e. The Bertz CT molecular complexity index is 690. The molecule has 3 rings (SSSR count). The van der Waals surface area contributed by atoms with Gasteiger partial charge in [0.2, 0.25) is 0 Å². The molecule has 2 fully saturated rings. The minimum atomic E-state index is -0.452. The molecule has 0 saturated heterocycles. The summed E-state index contributed by atoms with van der Waals surface area (Å²) in [6, 6.07) is 2.95. The molecule has 2 aliphatic carbocycles. The van der Waals surface area contributed by atoms with E-state index in [2.05, 4.69) is 34.9 Å². The third-order valence-electron chi connectivity index (χ3n) is 5.18. The molecule has 0 bridgehead atoms. The highest BCUT2D eigenvalue weighted by Gasteiger charge is 2.18. The average molecular weight is 372 g/mol. The highest BCUT2D eigenvalue weighted by atomic mass is 16.4. The molecule has 1 aromatic heterocycles. The van der Waals surface area contributed by atoms with Crippen molar-refractivity contribution in [2.24, 2.45) is 22.0 Å². The maximum Gasteiger partial charge on any atom is 0.307 e. The second-order valence-electron chi connectivity index (χ2n) is 7.80. The minimum absolute atomic E-state index is 0.0623. The van der Waals surface area contributed by atoms with Crippen LogP contribution in [-0.4, -0.2) is 23.2 Å². The average Bonchev–Trinajstić information content (AvgIpc) is 3.15. The van der Waals surface area contributed by atoms with Crippen LogP contribution < -0.4 is 10.9 Å². The summed E-state index contributed by atoms with van der Waals surface area (Å²) in [5.74, 6) is 0.420. The predicted octanol–water partition coefficient (Wildman–Crippen LogP) is 3.87. The summed E-state index contributed by atoms with van der Waals surface area (Å²) in [4.78, 5) is 24.3. The highest BCUT2D eigenvalue weighted by Crippen LogP contribution is 2.22. The first-order chi connectivity index (χ1) is 13.0. The third kappa shape index (κ3) is 5.52. The molecule has 2 aliphatic rings. The summed E-state index contributed by atoms with van der Waals surface area (Å²) >= 11 is 0.